The molecular weight excluding hydrogens is 204 g/mol. The van der Waals surface area contributed by atoms with E-state index < -0.39 is 0 Å². The van der Waals surface area contributed by atoms with Crippen molar-refractivity contribution < 1.29 is 9.53 Å². The van der Waals surface area contributed by atoms with Crippen molar-refractivity contribution in [3.8, 4) is 0 Å². The molecule has 4 nitrogen and oxygen atoms in total. The molecular formula is C12H22N2O2. The fraction of sp³-hybridized carbons (Fsp3) is 0.917. The number of rotatable bonds is 7. The summed E-state index contributed by atoms with van der Waals surface area (Å²) in [5.41, 5.74) is 5.50. The highest BCUT2D eigenvalue weighted by Gasteiger charge is 2.42. The zero-order chi connectivity index (χ0) is 11.5. The van der Waals surface area contributed by atoms with Crippen LogP contribution in [0.15, 0.2) is 0 Å². The first-order valence-corrected chi connectivity index (χ1v) is 6.26. The molecule has 3 N–H and O–H groups in total. The number of carbonyl (C=O) groups excluding carboxylic acids is 1. The van der Waals surface area contributed by atoms with Crippen LogP contribution in [0.5, 0.6) is 0 Å². The van der Waals surface area contributed by atoms with Crippen molar-refractivity contribution in [2.24, 2.45) is 17.6 Å². The normalized spacial score (nSPS) is 22.2. The maximum Gasteiger partial charge on any atom is 0.222 e. The zero-order valence-electron chi connectivity index (χ0n) is 9.95. The second-order valence-electron chi connectivity index (χ2n) is 5.07. The predicted molar refractivity (Wildman–Crippen MR) is 61.8 cm³/mol. The van der Waals surface area contributed by atoms with Crippen molar-refractivity contribution in [1.29, 1.82) is 0 Å². The van der Waals surface area contributed by atoms with E-state index >= 15 is 0 Å². The van der Waals surface area contributed by atoms with Gasteiger partial charge in [-0.2, -0.15) is 0 Å². The Hall–Kier alpha value is -0.610. The molecule has 16 heavy (non-hydrogen) atoms. The number of carbonyl (C=O) groups is 1. The fourth-order valence-corrected chi connectivity index (χ4v) is 2.25. The zero-order valence-corrected chi connectivity index (χ0v) is 9.95. The summed E-state index contributed by atoms with van der Waals surface area (Å²) in [6.07, 6.45) is 5.39. The number of hydrogen-bond acceptors (Lipinski definition) is 3. The average molecular weight is 226 g/mol. The molecule has 4 heteroatoms. The maximum atomic E-state index is 11.8. The number of hydrogen-bond donors (Lipinski definition) is 2. The number of nitrogens with two attached hydrogens (primary N) is 1. The lowest BCUT2D eigenvalue weighted by molar-refractivity contribution is -0.124. The smallest absolute Gasteiger partial charge is 0.222 e. The van der Waals surface area contributed by atoms with Crippen LogP contribution < -0.4 is 11.1 Å². The van der Waals surface area contributed by atoms with Gasteiger partial charge in [0.05, 0.1) is 12.5 Å². The molecule has 0 heterocycles. The third kappa shape index (κ3) is 3.19. The largest absolute Gasteiger partial charge is 0.380 e. The summed E-state index contributed by atoms with van der Waals surface area (Å²) >= 11 is 0. The molecule has 0 aliphatic heterocycles. The molecule has 0 saturated heterocycles. The Balaban J connectivity index is 1.76. The molecule has 2 aliphatic carbocycles. The van der Waals surface area contributed by atoms with Gasteiger partial charge in [0.2, 0.25) is 5.91 Å². The first kappa shape index (κ1) is 11.9. The van der Waals surface area contributed by atoms with Crippen LogP contribution in [0.1, 0.15) is 32.1 Å². The minimum absolute atomic E-state index is 0.0982. The van der Waals surface area contributed by atoms with E-state index in [4.69, 9.17) is 10.5 Å². The highest BCUT2D eigenvalue weighted by atomic mass is 16.5. The summed E-state index contributed by atoms with van der Waals surface area (Å²) in [6.45, 7) is 0.404. The van der Waals surface area contributed by atoms with E-state index in [1.807, 2.05) is 0 Å². The van der Waals surface area contributed by atoms with Crippen LogP contribution in [-0.2, 0) is 9.53 Å². The minimum Gasteiger partial charge on any atom is -0.380 e. The van der Waals surface area contributed by atoms with E-state index in [9.17, 15) is 4.79 Å². The van der Waals surface area contributed by atoms with Gasteiger partial charge in [0.15, 0.2) is 0 Å². The molecule has 1 amide bonds. The molecule has 1 unspecified atom stereocenters. The highest BCUT2D eigenvalue weighted by Crippen LogP contribution is 2.44. The summed E-state index contributed by atoms with van der Waals surface area (Å²) in [7, 11) is 1.60. The molecule has 0 aromatic heterocycles. The topological polar surface area (TPSA) is 64.3 Å². The molecule has 2 rings (SSSR count). The van der Waals surface area contributed by atoms with Gasteiger partial charge >= 0.3 is 0 Å². The van der Waals surface area contributed by atoms with Crippen LogP contribution in [0.2, 0.25) is 0 Å². The first-order chi connectivity index (χ1) is 7.74. The third-order valence-electron chi connectivity index (χ3n) is 3.60. The van der Waals surface area contributed by atoms with Gasteiger partial charge in [-0.3, -0.25) is 4.79 Å². The van der Waals surface area contributed by atoms with Crippen molar-refractivity contribution in [2.75, 3.05) is 13.7 Å². The lowest BCUT2D eigenvalue weighted by atomic mass is 10.1. The van der Waals surface area contributed by atoms with Crippen LogP contribution >= 0.6 is 0 Å². The van der Waals surface area contributed by atoms with Gasteiger partial charge in [0.1, 0.15) is 0 Å². The Morgan fingerprint density at radius 3 is 2.31 bits per heavy atom. The van der Waals surface area contributed by atoms with Crippen molar-refractivity contribution in [1.82, 2.24) is 5.32 Å². The standard InChI is InChI=1S/C12H22N2O2/c1-16-10(7-13)6-11(15)14-12(8-2-3-8)9-4-5-9/h8-10,12H,2-7,13H2,1H3,(H,14,15). The molecule has 2 fully saturated rings. The Bertz CT molecular complexity index is 233. The average Bonchev–Trinajstić information content (AvgIpc) is 3.16. The lowest BCUT2D eigenvalue weighted by Gasteiger charge is -2.19. The van der Waals surface area contributed by atoms with Crippen molar-refractivity contribution in [3.05, 3.63) is 0 Å². The fourth-order valence-electron chi connectivity index (χ4n) is 2.25. The van der Waals surface area contributed by atoms with Crippen LogP contribution in [-0.4, -0.2) is 31.7 Å². The quantitative estimate of drug-likeness (QED) is 0.670. The molecule has 2 aliphatic rings. The first-order valence-electron chi connectivity index (χ1n) is 6.26. The van der Waals surface area contributed by atoms with Gasteiger partial charge in [-0.05, 0) is 37.5 Å². The third-order valence-corrected chi connectivity index (χ3v) is 3.60. The number of ether oxygens (including phenoxy) is 1. The SMILES string of the molecule is COC(CN)CC(=O)NC(C1CC1)C1CC1. The Morgan fingerprint density at radius 1 is 1.38 bits per heavy atom. The minimum atomic E-state index is -0.140. The van der Waals surface area contributed by atoms with E-state index in [1.54, 1.807) is 7.11 Å². The maximum absolute atomic E-state index is 11.8. The Labute approximate surface area is 96.9 Å². The number of nitrogens with one attached hydrogen (secondary N) is 1. The molecule has 0 spiro atoms. The molecule has 0 bridgehead atoms. The van der Waals surface area contributed by atoms with Crippen LogP contribution in [0.25, 0.3) is 0 Å². The predicted octanol–water partition coefficient (Wildman–Crippen LogP) is 0.655. The Kier molecular flexibility index (Phi) is 3.82. The molecule has 2 saturated carbocycles. The van der Waals surface area contributed by atoms with Gasteiger partial charge in [0, 0.05) is 19.7 Å². The van der Waals surface area contributed by atoms with Gasteiger partial charge in [-0.15, -0.1) is 0 Å². The monoisotopic (exact) mass is 226 g/mol. The van der Waals surface area contributed by atoms with E-state index in [0.717, 1.165) is 11.8 Å². The second-order valence-corrected chi connectivity index (χ2v) is 5.07. The van der Waals surface area contributed by atoms with Crippen LogP contribution in [0.3, 0.4) is 0 Å². The molecule has 0 radical (unpaired) electrons. The van der Waals surface area contributed by atoms with Gasteiger partial charge in [0.25, 0.3) is 0 Å². The van der Waals surface area contributed by atoms with Crippen molar-refractivity contribution in [3.63, 3.8) is 0 Å². The van der Waals surface area contributed by atoms with Gasteiger partial charge in [-0.25, -0.2) is 0 Å². The highest BCUT2D eigenvalue weighted by molar-refractivity contribution is 5.77. The van der Waals surface area contributed by atoms with E-state index in [-0.39, 0.29) is 12.0 Å². The van der Waals surface area contributed by atoms with Crippen molar-refractivity contribution >= 4 is 5.91 Å². The molecule has 0 aromatic rings. The summed E-state index contributed by atoms with van der Waals surface area (Å²) in [5, 5.41) is 3.17. The van der Waals surface area contributed by atoms with Crippen LogP contribution in [0, 0.1) is 11.8 Å². The van der Waals surface area contributed by atoms with Crippen LogP contribution in [0.4, 0.5) is 0 Å². The Morgan fingerprint density at radius 2 is 1.94 bits per heavy atom. The summed E-state index contributed by atoms with van der Waals surface area (Å²) in [5.74, 6) is 1.59. The van der Waals surface area contributed by atoms with E-state index in [2.05, 4.69) is 5.32 Å². The second kappa shape index (κ2) is 5.15. The molecule has 92 valence electrons. The van der Waals surface area contributed by atoms with Gasteiger partial charge in [-0.1, -0.05) is 0 Å². The van der Waals surface area contributed by atoms with Crippen molar-refractivity contribution in [2.45, 2.75) is 44.2 Å². The molecule has 0 aromatic carbocycles. The van der Waals surface area contributed by atoms with Gasteiger partial charge < -0.3 is 15.8 Å². The summed E-state index contributed by atoms with van der Waals surface area (Å²) in [4.78, 5) is 11.8. The number of amides is 1. The summed E-state index contributed by atoms with van der Waals surface area (Å²) < 4.78 is 5.12. The van der Waals surface area contributed by atoms with E-state index in [1.165, 1.54) is 25.7 Å². The molecule has 1 atom stereocenters. The number of methoxy groups -OCH3 is 1. The van der Waals surface area contributed by atoms with E-state index in [0.29, 0.717) is 19.0 Å². The summed E-state index contributed by atoms with van der Waals surface area (Å²) in [6, 6.07) is 0.433. The lowest BCUT2D eigenvalue weighted by Crippen LogP contribution is -2.40.